The molecule has 0 aliphatic heterocycles. The van der Waals surface area contributed by atoms with Crippen molar-refractivity contribution in [3.63, 3.8) is 0 Å². The van der Waals surface area contributed by atoms with Gasteiger partial charge >= 0.3 is 12.1 Å². The van der Waals surface area contributed by atoms with Crippen LogP contribution in [0.15, 0.2) is 48.5 Å². The Balaban J connectivity index is 1.23. The maximum absolute atomic E-state index is 12.5. The number of aliphatic carboxylic acids is 1. The molecule has 2 aliphatic carbocycles. The van der Waals surface area contributed by atoms with Crippen LogP contribution in [0.4, 0.5) is 4.79 Å². The molecule has 0 saturated heterocycles. The SMILES string of the molecule is CC(CCNC(=O)OCC1c2ccccc2-c2ccccc21)C(=O)NC1CCCCC1C(=O)O. The number of carboxylic acids is 1. The van der Waals surface area contributed by atoms with Crippen molar-refractivity contribution in [2.75, 3.05) is 13.2 Å². The van der Waals surface area contributed by atoms with Crippen LogP contribution in [0.2, 0.25) is 0 Å². The van der Waals surface area contributed by atoms with Crippen molar-refractivity contribution in [1.29, 1.82) is 0 Å². The number of carboxylic acid groups (broad SMARTS) is 1. The van der Waals surface area contributed by atoms with Crippen LogP contribution in [0.5, 0.6) is 0 Å². The molecule has 180 valence electrons. The molecule has 7 heteroatoms. The Hall–Kier alpha value is -3.35. The van der Waals surface area contributed by atoms with E-state index in [9.17, 15) is 19.5 Å². The summed E-state index contributed by atoms with van der Waals surface area (Å²) in [5.74, 6) is -1.89. The normalized spacial score (nSPS) is 20.0. The number of benzene rings is 2. The van der Waals surface area contributed by atoms with Crippen LogP contribution in [0.25, 0.3) is 11.1 Å². The lowest BCUT2D eigenvalue weighted by atomic mass is 9.84. The van der Waals surface area contributed by atoms with Gasteiger partial charge in [-0.05, 0) is 41.5 Å². The first-order valence-corrected chi connectivity index (χ1v) is 12.1. The van der Waals surface area contributed by atoms with E-state index in [0.29, 0.717) is 25.8 Å². The van der Waals surface area contributed by atoms with Gasteiger partial charge in [0.25, 0.3) is 0 Å². The monoisotopic (exact) mass is 464 g/mol. The summed E-state index contributed by atoms with van der Waals surface area (Å²) in [5.41, 5.74) is 4.67. The zero-order valence-electron chi connectivity index (χ0n) is 19.5. The van der Waals surface area contributed by atoms with E-state index < -0.39 is 18.0 Å². The molecular weight excluding hydrogens is 432 g/mol. The summed E-state index contributed by atoms with van der Waals surface area (Å²) in [6.07, 6.45) is 3.02. The maximum Gasteiger partial charge on any atom is 0.407 e. The molecule has 1 saturated carbocycles. The lowest BCUT2D eigenvalue weighted by Gasteiger charge is -2.30. The summed E-state index contributed by atoms with van der Waals surface area (Å²) in [6, 6.07) is 16.0. The van der Waals surface area contributed by atoms with E-state index in [0.717, 1.165) is 24.0 Å². The number of rotatable bonds is 8. The molecule has 3 unspecified atom stereocenters. The molecule has 2 amide bonds. The van der Waals surface area contributed by atoms with E-state index in [1.54, 1.807) is 6.92 Å². The second kappa shape index (κ2) is 10.7. The number of alkyl carbamates (subject to hydrolysis) is 1. The Labute approximate surface area is 199 Å². The summed E-state index contributed by atoms with van der Waals surface area (Å²) in [5, 5.41) is 15.0. The number of amides is 2. The average molecular weight is 465 g/mol. The summed E-state index contributed by atoms with van der Waals surface area (Å²) in [7, 11) is 0. The molecular formula is C27H32N2O5. The summed E-state index contributed by atoms with van der Waals surface area (Å²) >= 11 is 0. The van der Waals surface area contributed by atoms with Gasteiger partial charge in [-0.15, -0.1) is 0 Å². The van der Waals surface area contributed by atoms with Gasteiger partial charge in [-0.3, -0.25) is 9.59 Å². The number of fused-ring (bicyclic) bond motifs is 3. The minimum Gasteiger partial charge on any atom is -0.481 e. The topological polar surface area (TPSA) is 105 Å². The van der Waals surface area contributed by atoms with Gasteiger partial charge in [0, 0.05) is 24.4 Å². The van der Waals surface area contributed by atoms with Crippen molar-refractivity contribution < 1.29 is 24.2 Å². The Morgan fingerprint density at radius 1 is 1.00 bits per heavy atom. The van der Waals surface area contributed by atoms with Crippen molar-refractivity contribution in [2.24, 2.45) is 11.8 Å². The fraction of sp³-hybridized carbons (Fsp3) is 0.444. The van der Waals surface area contributed by atoms with Gasteiger partial charge in [-0.1, -0.05) is 68.3 Å². The minimum atomic E-state index is -0.852. The van der Waals surface area contributed by atoms with Crippen LogP contribution in [0.3, 0.4) is 0 Å². The molecule has 34 heavy (non-hydrogen) atoms. The van der Waals surface area contributed by atoms with E-state index in [1.165, 1.54) is 11.1 Å². The summed E-state index contributed by atoms with van der Waals surface area (Å²) < 4.78 is 5.53. The van der Waals surface area contributed by atoms with Crippen molar-refractivity contribution in [3.8, 4) is 11.1 Å². The lowest BCUT2D eigenvalue weighted by Crippen LogP contribution is -2.47. The van der Waals surface area contributed by atoms with Gasteiger partial charge in [0.1, 0.15) is 6.61 Å². The van der Waals surface area contributed by atoms with Crippen LogP contribution >= 0.6 is 0 Å². The van der Waals surface area contributed by atoms with Crippen LogP contribution in [0, 0.1) is 11.8 Å². The first-order valence-electron chi connectivity index (χ1n) is 12.1. The number of hydrogen-bond donors (Lipinski definition) is 3. The lowest BCUT2D eigenvalue weighted by molar-refractivity contribution is -0.144. The van der Waals surface area contributed by atoms with Crippen molar-refractivity contribution >= 4 is 18.0 Å². The largest absolute Gasteiger partial charge is 0.481 e. The summed E-state index contributed by atoms with van der Waals surface area (Å²) in [6.45, 7) is 2.33. The highest BCUT2D eigenvalue weighted by Gasteiger charge is 2.33. The van der Waals surface area contributed by atoms with Gasteiger partial charge < -0.3 is 20.5 Å². The molecule has 0 heterocycles. The molecule has 3 N–H and O–H groups in total. The van der Waals surface area contributed by atoms with E-state index in [-0.39, 0.29) is 30.4 Å². The molecule has 0 radical (unpaired) electrons. The molecule has 2 aliphatic rings. The Morgan fingerprint density at radius 3 is 2.26 bits per heavy atom. The third-order valence-electron chi connectivity index (χ3n) is 7.05. The molecule has 0 bridgehead atoms. The number of ether oxygens (including phenoxy) is 1. The summed E-state index contributed by atoms with van der Waals surface area (Å²) in [4.78, 5) is 36.3. The van der Waals surface area contributed by atoms with E-state index in [2.05, 4.69) is 34.9 Å². The zero-order chi connectivity index (χ0) is 24.1. The first kappa shape index (κ1) is 23.8. The number of carbonyl (C=O) groups is 3. The maximum atomic E-state index is 12.5. The highest BCUT2D eigenvalue weighted by molar-refractivity contribution is 5.80. The van der Waals surface area contributed by atoms with Gasteiger partial charge in [0.05, 0.1) is 5.92 Å². The number of nitrogens with one attached hydrogen (secondary N) is 2. The molecule has 4 rings (SSSR count). The molecule has 0 spiro atoms. The fourth-order valence-electron chi connectivity index (χ4n) is 5.10. The molecule has 3 atom stereocenters. The molecule has 2 aromatic carbocycles. The van der Waals surface area contributed by atoms with Crippen molar-refractivity contribution in [2.45, 2.75) is 51.0 Å². The number of hydrogen-bond acceptors (Lipinski definition) is 4. The Bertz CT molecular complexity index is 1010. The van der Waals surface area contributed by atoms with Gasteiger partial charge in [-0.2, -0.15) is 0 Å². The Kier molecular flexibility index (Phi) is 7.50. The predicted molar refractivity (Wildman–Crippen MR) is 128 cm³/mol. The highest BCUT2D eigenvalue weighted by atomic mass is 16.5. The highest BCUT2D eigenvalue weighted by Crippen LogP contribution is 2.44. The molecule has 0 aromatic heterocycles. The Morgan fingerprint density at radius 2 is 1.62 bits per heavy atom. The standard InChI is InChI=1S/C27H32N2O5/c1-17(25(30)29-24-13-7-6-12-22(24)26(31)32)14-15-28-27(33)34-16-23-20-10-4-2-8-18(20)19-9-3-5-11-21(19)23/h2-5,8-11,17,22-24H,6-7,12-16H2,1H3,(H,28,33)(H,29,30)(H,31,32). The predicted octanol–water partition coefficient (Wildman–Crippen LogP) is 4.31. The third-order valence-corrected chi connectivity index (χ3v) is 7.05. The smallest absolute Gasteiger partial charge is 0.407 e. The van der Waals surface area contributed by atoms with Crippen LogP contribution in [0.1, 0.15) is 56.1 Å². The van der Waals surface area contributed by atoms with Crippen molar-refractivity contribution in [3.05, 3.63) is 59.7 Å². The van der Waals surface area contributed by atoms with Gasteiger partial charge in [0.15, 0.2) is 0 Å². The quantitative estimate of drug-likeness (QED) is 0.540. The second-order valence-corrected chi connectivity index (χ2v) is 9.29. The molecule has 7 nitrogen and oxygen atoms in total. The van der Waals surface area contributed by atoms with E-state index in [4.69, 9.17) is 4.74 Å². The second-order valence-electron chi connectivity index (χ2n) is 9.29. The van der Waals surface area contributed by atoms with Gasteiger partial charge in [0.2, 0.25) is 5.91 Å². The first-order chi connectivity index (χ1) is 16.5. The van der Waals surface area contributed by atoms with E-state index >= 15 is 0 Å². The fourth-order valence-corrected chi connectivity index (χ4v) is 5.10. The average Bonchev–Trinajstić information content (AvgIpc) is 3.16. The van der Waals surface area contributed by atoms with Crippen LogP contribution in [-0.2, 0) is 14.3 Å². The third kappa shape index (κ3) is 5.24. The van der Waals surface area contributed by atoms with Crippen molar-refractivity contribution in [1.82, 2.24) is 10.6 Å². The zero-order valence-corrected chi connectivity index (χ0v) is 19.5. The molecule has 1 fully saturated rings. The van der Waals surface area contributed by atoms with Gasteiger partial charge in [-0.25, -0.2) is 4.79 Å². The molecule has 2 aromatic rings. The minimum absolute atomic E-state index is 0.000487. The number of carbonyl (C=O) groups excluding carboxylic acids is 2. The van der Waals surface area contributed by atoms with E-state index in [1.807, 2.05) is 24.3 Å². The van der Waals surface area contributed by atoms with Crippen LogP contribution < -0.4 is 10.6 Å². The van der Waals surface area contributed by atoms with Crippen LogP contribution in [-0.4, -0.2) is 42.3 Å².